The van der Waals surface area contributed by atoms with E-state index in [1.54, 1.807) is 18.3 Å². The molecular weight excluding hydrogens is 345 g/mol. The number of nitrogens with zero attached hydrogens (tertiary/aromatic N) is 2. The molecule has 1 N–H and O–H groups in total. The maximum Gasteiger partial charge on any atom is 0.221 e. The van der Waals surface area contributed by atoms with Crippen molar-refractivity contribution in [2.24, 2.45) is 0 Å². The number of rotatable bonds is 8. The van der Waals surface area contributed by atoms with Crippen LogP contribution in [0.25, 0.3) is 0 Å². The molecule has 0 bridgehead atoms. The molecule has 0 aliphatic carbocycles. The molecule has 2 aromatic rings. The summed E-state index contributed by atoms with van der Waals surface area (Å²) in [5.74, 6) is -0.651. The number of hydrogen-bond acceptors (Lipinski definition) is 4. The van der Waals surface area contributed by atoms with Gasteiger partial charge in [0, 0.05) is 25.7 Å². The molecule has 0 spiro atoms. The molecule has 0 aliphatic rings. The zero-order valence-electron chi connectivity index (χ0n) is 13.9. The summed E-state index contributed by atoms with van der Waals surface area (Å²) < 4.78 is 38.0. The molecule has 0 unspecified atom stereocenters. The van der Waals surface area contributed by atoms with Crippen molar-refractivity contribution < 1.29 is 17.6 Å². The van der Waals surface area contributed by atoms with Crippen molar-refractivity contribution in [3.8, 4) is 0 Å². The van der Waals surface area contributed by atoms with Crippen molar-refractivity contribution in [1.29, 1.82) is 0 Å². The Bertz CT molecular complexity index is 796. The second kappa shape index (κ2) is 8.68. The largest absolute Gasteiger partial charge is 0.350 e. The fourth-order valence-electron chi connectivity index (χ4n) is 2.16. The lowest BCUT2D eigenvalue weighted by molar-refractivity contribution is -0.121. The third kappa shape index (κ3) is 6.60. The van der Waals surface area contributed by atoms with Gasteiger partial charge in [-0.3, -0.25) is 9.78 Å². The van der Waals surface area contributed by atoms with Crippen LogP contribution in [-0.4, -0.2) is 36.4 Å². The zero-order chi connectivity index (χ0) is 18.3. The van der Waals surface area contributed by atoms with Gasteiger partial charge in [0.05, 0.1) is 18.5 Å². The predicted octanol–water partition coefficient (Wildman–Crippen LogP) is 1.69. The maximum atomic E-state index is 12.9. The second-order valence-electron chi connectivity index (χ2n) is 5.57. The third-order valence-corrected chi connectivity index (χ3v) is 4.77. The van der Waals surface area contributed by atoms with Crippen LogP contribution in [0.5, 0.6) is 0 Å². The minimum Gasteiger partial charge on any atom is -0.350 e. The Balaban J connectivity index is 1.89. The summed E-state index contributed by atoms with van der Waals surface area (Å²) in [6, 6.07) is 11.0. The van der Waals surface area contributed by atoms with E-state index in [0.717, 1.165) is 11.9 Å². The molecule has 1 amide bonds. The standard InChI is InChI=1S/C17H20FN3O3S/c1-25(23,24)21(13-14-5-7-15(18)8-6-14)11-9-17(22)20-12-16-4-2-3-10-19-16/h2-8,10H,9,11-13H2,1H3,(H,20,22). The van der Waals surface area contributed by atoms with Gasteiger partial charge >= 0.3 is 0 Å². The number of carbonyl (C=O) groups excluding carboxylic acids is 1. The van der Waals surface area contributed by atoms with Gasteiger partial charge in [0.2, 0.25) is 15.9 Å². The number of halogens is 1. The van der Waals surface area contributed by atoms with E-state index >= 15 is 0 Å². The molecule has 0 atom stereocenters. The minimum absolute atomic E-state index is 0.0289. The van der Waals surface area contributed by atoms with Crippen molar-refractivity contribution in [1.82, 2.24) is 14.6 Å². The SMILES string of the molecule is CS(=O)(=O)N(CCC(=O)NCc1ccccn1)Cc1ccc(F)cc1. The quantitative estimate of drug-likeness (QED) is 0.772. The van der Waals surface area contributed by atoms with Crippen LogP contribution in [0.4, 0.5) is 4.39 Å². The van der Waals surface area contributed by atoms with Crippen LogP contribution < -0.4 is 5.32 Å². The van der Waals surface area contributed by atoms with Gasteiger partial charge in [0.1, 0.15) is 5.82 Å². The number of aromatic nitrogens is 1. The molecule has 0 radical (unpaired) electrons. The van der Waals surface area contributed by atoms with Crippen molar-refractivity contribution in [3.63, 3.8) is 0 Å². The maximum absolute atomic E-state index is 12.9. The highest BCUT2D eigenvalue weighted by Gasteiger charge is 2.18. The molecule has 0 aliphatic heterocycles. The number of amides is 1. The normalized spacial score (nSPS) is 11.5. The number of carbonyl (C=O) groups is 1. The lowest BCUT2D eigenvalue weighted by Crippen LogP contribution is -2.34. The van der Waals surface area contributed by atoms with Gasteiger partial charge in [-0.15, -0.1) is 0 Å². The topological polar surface area (TPSA) is 79.4 Å². The summed E-state index contributed by atoms with van der Waals surface area (Å²) >= 11 is 0. The summed E-state index contributed by atoms with van der Waals surface area (Å²) in [5, 5.41) is 2.70. The van der Waals surface area contributed by atoms with Gasteiger partial charge in [-0.1, -0.05) is 18.2 Å². The lowest BCUT2D eigenvalue weighted by atomic mass is 10.2. The van der Waals surface area contributed by atoms with E-state index in [0.29, 0.717) is 5.56 Å². The lowest BCUT2D eigenvalue weighted by Gasteiger charge is -2.19. The second-order valence-corrected chi connectivity index (χ2v) is 7.55. The summed E-state index contributed by atoms with van der Waals surface area (Å²) in [6.45, 7) is 0.424. The molecule has 0 saturated carbocycles. The summed E-state index contributed by atoms with van der Waals surface area (Å²) in [5.41, 5.74) is 1.38. The molecule has 0 fully saturated rings. The van der Waals surface area contributed by atoms with Crippen LogP contribution in [-0.2, 0) is 27.9 Å². The highest BCUT2D eigenvalue weighted by atomic mass is 32.2. The number of sulfonamides is 1. The third-order valence-electron chi connectivity index (χ3n) is 3.52. The highest BCUT2D eigenvalue weighted by Crippen LogP contribution is 2.10. The number of benzene rings is 1. The van der Waals surface area contributed by atoms with Crippen LogP contribution in [0.15, 0.2) is 48.7 Å². The predicted molar refractivity (Wildman–Crippen MR) is 92.4 cm³/mol. The van der Waals surface area contributed by atoms with Crippen LogP contribution >= 0.6 is 0 Å². The van der Waals surface area contributed by atoms with E-state index in [2.05, 4.69) is 10.3 Å². The molecule has 2 rings (SSSR count). The van der Waals surface area contributed by atoms with Crippen LogP contribution in [0.3, 0.4) is 0 Å². The highest BCUT2D eigenvalue weighted by molar-refractivity contribution is 7.88. The van der Waals surface area contributed by atoms with Crippen molar-refractivity contribution in [3.05, 3.63) is 65.7 Å². The molecular formula is C17H20FN3O3S. The zero-order valence-corrected chi connectivity index (χ0v) is 14.7. The summed E-state index contributed by atoms with van der Waals surface area (Å²) in [6.07, 6.45) is 2.75. The first-order valence-electron chi connectivity index (χ1n) is 7.71. The molecule has 1 heterocycles. The Morgan fingerprint density at radius 2 is 1.92 bits per heavy atom. The van der Waals surface area contributed by atoms with Gasteiger partial charge in [0.25, 0.3) is 0 Å². The first-order valence-corrected chi connectivity index (χ1v) is 9.55. The Hall–Kier alpha value is -2.32. The molecule has 0 saturated heterocycles. The Morgan fingerprint density at radius 1 is 1.20 bits per heavy atom. The summed E-state index contributed by atoms with van der Waals surface area (Å²) in [7, 11) is -3.49. The molecule has 1 aromatic heterocycles. The van der Waals surface area contributed by atoms with E-state index in [9.17, 15) is 17.6 Å². The van der Waals surface area contributed by atoms with Crippen LogP contribution in [0.1, 0.15) is 17.7 Å². The van der Waals surface area contributed by atoms with Gasteiger partial charge in [-0.05, 0) is 29.8 Å². The van der Waals surface area contributed by atoms with E-state index in [-0.39, 0.29) is 37.8 Å². The van der Waals surface area contributed by atoms with Crippen LogP contribution in [0.2, 0.25) is 0 Å². The Morgan fingerprint density at radius 3 is 2.52 bits per heavy atom. The fourth-order valence-corrected chi connectivity index (χ4v) is 2.97. The average molecular weight is 365 g/mol. The van der Waals surface area contributed by atoms with Gasteiger partial charge in [0.15, 0.2) is 0 Å². The van der Waals surface area contributed by atoms with E-state index in [1.165, 1.54) is 28.6 Å². The first-order chi connectivity index (χ1) is 11.8. The smallest absolute Gasteiger partial charge is 0.221 e. The van der Waals surface area contributed by atoms with Crippen molar-refractivity contribution >= 4 is 15.9 Å². The number of pyridine rings is 1. The monoisotopic (exact) mass is 365 g/mol. The molecule has 134 valence electrons. The summed E-state index contributed by atoms with van der Waals surface area (Å²) in [4.78, 5) is 16.0. The number of nitrogens with one attached hydrogen (secondary N) is 1. The average Bonchev–Trinajstić information content (AvgIpc) is 2.58. The van der Waals surface area contributed by atoms with Gasteiger partial charge in [-0.25, -0.2) is 12.8 Å². The first kappa shape index (κ1) is 19.0. The molecule has 1 aromatic carbocycles. The van der Waals surface area contributed by atoms with Crippen molar-refractivity contribution in [2.45, 2.75) is 19.5 Å². The van der Waals surface area contributed by atoms with E-state index in [1.807, 2.05) is 6.07 Å². The van der Waals surface area contributed by atoms with E-state index in [4.69, 9.17) is 0 Å². The molecule has 25 heavy (non-hydrogen) atoms. The number of hydrogen-bond donors (Lipinski definition) is 1. The fraction of sp³-hybridized carbons (Fsp3) is 0.294. The van der Waals surface area contributed by atoms with Crippen molar-refractivity contribution in [2.75, 3.05) is 12.8 Å². The van der Waals surface area contributed by atoms with E-state index < -0.39 is 10.0 Å². The van der Waals surface area contributed by atoms with Crippen LogP contribution in [0, 0.1) is 5.82 Å². The Labute approximate surface area is 146 Å². The molecule has 6 nitrogen and oxygen atoms in total. The molecule has 8 heteroatoms. The minimum atomic E-state index is -3.49. The van der Waals surface area contributed by atoms with Gasteiger partial charge in [-0.2, -0.15) is 4.31 Å². The van der Waals surface area contributed by atoms with Gasteiger partial charge < -0.3 is 5.32 Å². The Kier molecular flexibility index (Phi) is 6.60.